The Kier molecular flexibility index (Phi) is 4.06. The molecule has 0 radical (unpaired) electrons. The maximum atomic E-state index is 11.1. The molecule has 2 aromatic rings. The van der Waals surface area contributed by atoms with Crippen molar-refractivity contribution in [2.24, 2.45) is 0 Å². The van der Waals surface area contributed by atoms with E-state index in [-0.39, 0.29) is 5.75 Å². The van der Waals surface area contributed by atoms with Crippen molar-refractivity contribution in [3.8, 4) is 11.1 Å². The molecule has 3 N–H and O–H groups in total. The first-order valence-corrected chi connectivity index (χ1v) is 8.53. The third-order valence-electron chi connectivity index (χ3n) is 2.54. The normalized spacial score (nSPS) is 11.4. The van der Waals surface area contributed by atoms with E-state index < -0.39 is 9.84 Å². The number of aromatic nitrogens is 1. The lowest BCUT2D eigenvalue weighted by Crippen LogP contribution is -2.13. The van der Waals surface area contributed by atoms with E-state index in [0.717, 1.165) is 16.1 Å². The highest BCUT2D eigenvalue weighted by Crippen LogP contribution is 2.36. The van der Waals surface area contributed by atoms with E-state index >= 15 is 0 Å². The Morgan fingerprint density at radius 3 is 2.63 bits per heavy atom. The Morgan fingerprint density at radius 1 is 1.32 bits per heavy atom. The first-order chi connectivity index (χ1) is 8.97. The first-order valence-electron chi connectivity index (χ1n) is 5.69. The van der Waals surface area contributed by atoms with E-state index in [1.54, 1.807) is 0 Å². The third-order valence-corrected chi connectivity index (χ3v) is 4.30. The lowest BCUT2D eigenvalue weighted by atomic mass is 10.1. The van der Waals surface area contributed by atoms with E-state index in [0.29, 0.717) is 12.4 Å². The molecule has 0 saturated carbocycles. The summed E-state index contributed by atoms with van der Waals surface area (Å²) in [6.45, 7) is 0.348. The van der Waals surface area contributed by atoms with Crippen molar-refractivity contribution >= 4 is 32.2 Å². The number of rotatable bonds is 5. The molecule has 1 heterocycles. The molecule has 0 bridgehead atoms. The van der Waals surface area contributed by atoms with Gasteiger partial charge in [-0.2, -0.15) is 4.37 Å². The average Bonchev–Trinajstić information content (AvgIpc) is 2.70. The molecule has 0 aliphatic heterocycles. The summed E-state index contributed by atoms with van der Waals surface area (Å²) in [5.74, 6) is 0.539. The molecule has 2 rings (SSSR count). The molecule has 0 amide bonds. The molecule has 0 fully saturated rings. The maximum absolute atomic E-state index is 11.1. The molecule has 0 aliphatic rings. The number of sulfone groups is 1. The van der Waals surface area contributed by atoms with Crippen LogP contribution in [0.2, 0.25) is 0 Å². The largest absolute Gasteiger partial charge is 0.382 e. The smallest absolute Gasteiger partial charge is 0.149 e. The fraction of sp³-hybridized carbons (Fsp3) is 0.250. The number of benzene rings is 1. The number of nitrogens with one attached hydrogen (secondary N) is 1. The zero-order valence-corrected chi connectivity index (χ0v) is 12.1. The number of hydrogen-bond donors (Lipinski definition) is 2. The van der Waals surface area contributed by atoms with Gasteiger partial charge in [-0.3, -0.25) is 0 Å². The monoisotopic (exact) mass is 297 g/mol. The minimum atomic E-state index is -2.97. The van der Waals surface area contributed by atoms with Crippen LogP contribution >= 0.6 is 11.5 Å². The summed E-state index contributed by atoms with van der Waals surface area (Å²) in [5.41, 5.74) is 7.67. The van der Waals surface area contributed by atoms with Gasteiger partial charge in [-0.05, 0) is 17.1 Å². The van der Waals surface area contributed by atoms with Gasteiger partial charge in [-0.1, -0.05) is 30.3 Å². The van der Waals surface area contributed by atoms with Crippen LogP contribution in [0.5, 0.6) is 0 Å². The van der Waals surface area contributed by atoms with Gasteiger partial charge in [0, 0.05) is 12.8 Å². The van der Waals surface area contributed by atoms with Crippen molar-refractivity contribution in [3.63, 3.8) is 0 Å². The van der Waals surface area contributed by atoms with Crippen LogP contribution in [-0.4, -0.2) is 31.3 Å². The van der Waals surface area contributed by atoms with Crippen LogP contribution in [0.15, 0.2) is 30.3 Å². The lowest BCUT2D eigenvalue weighted by molar-refractivity contribution is 0.602. The number of anilines is 2. The third kappa shape index (κ3) is 3.68. The second kappa shape index (κ2) is 5.58. The number of nitrogens with zero attached hydrogens (tertiary/aromatic N) is 1. The van der Waals surface area contributed by atoms with Crippen LogP contribution in [0.25, 0.3) is 11.1 Å². The molecule has 0 aliphatic carbocycles. The zero-order valence-electron chi connectivity index (χ0n) is 10.5. The first kappa shape index (κ1) is 13.8. The standard InChI is InChI=1S/C12H15N3O2S2/c1-19(16,17)8-7-14-12-10(11(13)15-18-12)9-5-3-2-4-6-9/h2-6,14H,7-8H2,1H3,(H2,13,15). The average molecular weight is 297 g/mol. The van der Waals surface area contributed by atoms with Crippen LogP contribution in [-0.2, 0) is 9.84 Å². The van der Waals surface area contributed by atoms with Gasteiger partial charge in [0.2, 0.25) is 0 Å². The van der Waals surface area contributed by atoms with Crippen LogP contribution < -0.4 is 11.1 Å². The number of nitrogens with two attached hydrogens (primary N) is 1. The molecule has 0 unspecified atom stereocenters. The molecule has 1 aromatic carbocycles. The minimum absolute atomic E-state index is 0.0824. The minimum Gasteiger partial charge on any atom is -0.382 e. The summed E-state index contributed by atoms with van der Waals surface area (Å²) in [4.78, 5) is 0. The highest BCUT2D eigenvalue weighted by atomic mass is 32.2. The molecule has 0 spiro atoms. The molecule has 7 heteroatoms. The fourth-order valence-electron chi connectivity index (χ4n) is 1.66. The van der Waals surface area contributed by atoms with Crippen molar-refractivity contribution in [2.75, 3.05) is 29.6 Å². The van der Waals surface area contributed by atoms with Crippen LogP contribution in [0, 0.1) is 0 Å². The Labute approximate surface area is 116 Å². The quantitative estimate of drug-likeness (QED) is 0.879. The van der Waals surface area contributed by atoms with Crippen LogP contribution in [0.4, 0.5) is 10.8 Å². The molecular formula is C12H15N3O2S2. The summed E-state index contributed by atoms with van der Waals surface area (Å²) in [7, 11) is -2.97. The van der Waals surface area contributed by atoms with Crippen molar-refractivity contribution in [1.29, 1.82) is 0 Å². The summed E-state index contributed by atoms with van der Waals surface area (Å²) in [5, 5.41) is 3.88. The summed E-state index contributed by atoms with van der Waals surface area (Å²) >= 11 is 1.24. The van der Waals surface area contributed by atoms with E-state index in [2.05, 4.69) is 9.69 Å². The second-order valence-electron chi connectivity index (χ2n) is 4.19. The SMILES string of the molecule is CS(=O)(=O)CCNc1snc(N)c1-c1ccccc1. The number of hydrogen-bond acceptors (Lipinski definition) is 6. The van der Waals surface area contributed by atoms with Crippen molar-refractivity contribution in [3.05, 3.63) is 30.3 Å². The molecule has 5 nitrogen and oxygen atoms in total. The molecule has 1 aromatic heterocycles. The predicted octanol–water partition coefficient (Wildman–Crippen LogP) is 1.85. The van der Waals surface area contributed by atoms with Gasteiger partial charge in [0.05, 0.1) is 11.3 Å². The Balaban J connectivity index is 2.19. The number of nitrogen functional groups attached to an aromatic ring is 1. The molecular weight excluding hydrogens is 282 g/mol. The maximum Gasteiger partial charge on any atom is 0.149 e. The topological polar surface area (TPSA) is 85.1 Å². The highest BCUT2D eigenvalue weighted by Gasteiger charge is 2.13. The highest BCUT2D eigenvalue weighted by molar-refractivity contribution is 7.90. The Hall–Kier alpha value is -1.60. The molecule has 19 heavy (non-hydrogen) atoms. The Morgan fingerprint density at radius 2 is 2.00 bits per heavy atom. The van der Waals surface area contributed by atoms with Crippen molar-refractivity contribution in [1.82, 2.24) is 4.37 Å². The summed E-state index contributed by atoms with van der Waals surface area (Å²) < 4.78 is 26.3. The summed E-state index contributed by atoms with van der Waals surface area (Å²) in [6, 6.07) is 9.67. The van der Waals surface area contributed by atoms with Crippen molar-refractivity contribution < 1.29 is 8.42 Å². The van der Waals surface area contributed by atoms with Gasteiger partial charge in [0.1, 0.15) is 20.7 Å². The van der Waals surface area contributed by atoms with Gasteiger partial charge < -0.3 is 11.1 Å². The van der Waals surface area contributed by atoms with E-state index in [4.69, 9.17) is 5.73 Å². The van der Waals surface area contributed by atoms with Crippen LogP contribution in [0.3, 0.4) is 0 Å². The molecule has 0 saturated heterocycles. The van der Waals surface area contributed by atoms with Crippen LogP contribution in [0.1, 0.15) is 0 Å². The molecule has 0 atom stereocenters. The lowest BCUT2D eigenvalue weighted by Gasteiger charge is -2.06. The van der Waals surface area contributed by atoms with E-state index in [9.17, 15) is 8.42 Å². The predicted molar refractivity (Wildman–Crippen MR) is 80.2 cm³/mol. The van der Waals surface area contributed by atoms with Gasteiger partial charge in [0.25, 0.3) is 0 Å². The van der Waals surface area contributed by atoms with Gasteiger partial charge in [-0.25, -0.2) is 8.42 Å². The van der Waals surface area contributed by atoms with Crippen molar-refractivity contribution in [2.45, 2.75) is 0 Å². The van der Waals surface area contributed by atoms with Gasteiger partial charge in [-0.15, -0.1) is 0 Å². The summed E-state index contributed by atoms with van der Waals surface area (Å²) in [6.07, 6.45) is 1.22. The fourth-order valence-corrected chi connectivity index (χ4v) is 2.89. The Bertz CT molecular complexity index is 651. The van der Waals surface area contributed by atoms with E-state index in [1.807, 2.05) is 30.3 Å². The van der Waals surface area contributed by atoms with Gasteiger partial charge >= 0.3 is 0 Å². The molecule has 102 valence electrons. The van der Waals surface area contributed by atoms with Gasteiger partial charge in [0.15, 0.2) is 0 Å². The second-order valence-corrected chi connectivity index (χ2v) is 7.23. The van der Waals surface area contributed by atoms with E-state index in [1.165, 1.54) is 17.8 Å². The zero-order chi connectivity index (χ0) is 13.9.